The van der Waals surface area contributed by atoms with E-state index in [1.807, 2.05) is 72.9 Å². The minimum Gasteiger partial charge on any atom is -0.493 e. The van der Waals surface area contributed by atoms with Gasteiger partial charge in [-0.15, -0.1) is 0 Å². The fourth-order valence-electron chi connectivity index (χ4n) is 4.44. The number of aromatic amines is 1. The number of carbonyl (C=O) groups is 1. The van der Waals surface area contributed by atoms with Gasteiger partial charge in [-0.1, -0.05) is 42.5 Å². The molecule has 0 bridgehead atoms. The van der Waals surface area contributed by atoms with Crippen LogP contribution in [0.2, 0.25) is 0 Å². The molecule has 0 radical (unpaired) electrons. The van der Waals surface area contributed by atoms with Crippen LogP contribution in [0.15, 0.2) is 103 Å². The van der Waals surface area contributed by atoms with Crippen LogP contribution in [0.5, 0.6) is 11.5 Å². The number of ether oxygens (including phenoxy) is 2. The van der Waals surface area contributed by atoms with Crippen molar-refractivity contribution in [2.24, 2.45) is 5.73 Å². The zero-order chi connectivity index (χ0) is 27.9. The zero-order valence-corrected chi connectivity index (χ0v) is 22.1. The standard InChI is InChI=1S/C32H31N5O3/c1-39-29-18-25(10-14-28(29)40-20-22-7-13-27-24(17-22)15-16-35-27)30(32(38)36-19-21-5-3-2-4-6-21)37-26-11-8-23(9-12-26)31(33)34/h2-18,30,35,37H,19-20H2,1H3,(H3,33,34)(H,36,38)/t30-/m0/s1. The molecule has 5 rings (SSSR count). The molecule has 6 N–H and O–H groups in total. The van der Waals surface area contributed by atoms with E-state index in [0.717, 1.165) is 22.0 Å². The molecule has 0 spiro atoms. The van der Waals surface area contributed by atoms with Crippen molar-refractivity contribution < 1.29 is 14.3 Å². The first kappa shape index (κ1) is 26.4. The van der Waals surface area contributed by atoms with Crippen LogP contribution in [0.25, 0.3) is 10.9 Å². The number of anilines is 1. The predicted octanol–water partition coefficient (Wildman–Crippen LogP) is 5.51. The van der Waals surface area contributed by atoms with Gasteiger partial charge in [0.25, 0.3) is 0 Å². The van der Waals surface area contributed by atoms with Crippen molar-refractivity contribution in [3.63, 3.8) is 0 Å². The van der Waals surface area contributed by atoms with Crippen LogP contribution in [0, 0.1) is 5.41 Å². The first-order chi connectivity index (χ1) is 19.5. The molecule has 40 heavy (non-hydrogen) atoms. The number of nitrogen functional groups attached to an aromatic ring is 1. The van der Waals surface area contributed by atoms with Crippen molar-refractivity contribution >= 4 is 28.3 Å². The van der Waals surface area contributed by atoms with E-state index in [4.69, 9.17) is 20.6 Å². The summed E-state index contributed by atoms with van der Waals surface area (Å²) in [6.45, 7) is 0.767. The number of H-pyrrole nitrogens is 1. The summed E-state index contributed by atoms with van der Waals surface area (Å²) in [6, 6.07) is 29.8. The third-order valence-corrected chi connectivity index (χ3v) is 6.61. The highest BCUT2D eigenvalue weighted by molar-refractivity contribution is 5.95. The minimum absolute atomic E-state index is 0.0166. The van der Waals surface area contributed by atoms with E-state index in [-0.39, 0.29) is 11.7 Å². The van der Waals surface area contributed by atoms with Gasteiger partial charge < -0.3 is 30.8 Å². The van der Waals surface area contributed by atoms with Gasteiger partial charge in [0.2, 0.25) is 5.91 Å². The van der Waals surface area contributed by atoms with Gasteiger partial charge >= 0.3 is 0 Å². The molecular weight excluding hydrogens is 502 g/mol. The minimum atomic E-state index is -0.717. The van der Waals surface area contributed by atoms with Crippen molar-refractivity contribution in [1.82, 2.24) is 10.3 Å². The smallest absolute Gasteiger partial charge is 0.247 e. The van der Waals surface area contributed by atoms with E-state index in [2.05, 4.69) is 21.7 Å². The molecule has 5 aromatic rings. The van der Waals surface area contributed by atoms with Crippen LogP contribution in [0.3, 0.4) is 0 Å². The first-order valence-electron chi connectivity index (χ1n) is 12.9. The SMILES string of the molecule is COc1cc([C@H](Nc2ccc(C(=N)N)cc2)C(=O)NCc2ccccc2)ccc1OCc1ccc2[nH]ccc2c1. The quantitative estimate of drug-likeness (QED) is 0.113. The summed E-state index contributed by atoms with van der Waals surface area (Å²) in [4.78, 5) is 16.7. The average Bonchev–Trinajstić information content (AvgIpc) is 3.46. The van der Waals surface area contributed by atoms with Gasteiger partial charge in [-0.3, -0.25) is 10.2 Å². The summed E-state index contributed by atoms with van der Waals surface area (Å²) >= 11 is 0. The van der Waals surface area contributed by atoms with E-state index < -0.39 is 6.04 Å². The summed E-state index contributed by atoms with van der Waals surface area (Å²) in [5, 5.41) is 15.1. The lowest BCUT2D eigenvalue weighted by Gasteiger charge is -2.22. The molecular formula is C32H31N5O3. The number of carbonyl (C=O) groups excluding carboxylic acids is 1. The molecule has 0 fully saturated rings. The first-order valence-corrected chi connectivity index (χ1v) is 12.9. The van der Waals surface area contributed by atoms with Gasteiger partial charge in [0.05, 0.1) is 7.11 Å². The lowest BCUT2D eigenvalue weighted by atomic mass is 10.0. The Kier molecular flexibility index (Phi) is 7.97. The van der Waals surface area contributed by atoms with Gasteiger partial charge in [-0.25, -0.2) is 0 Å². The fourth-order valence-corrected chi connectivity index (χ4v) is 4.44. The van der Waals surface area contributed by atoms with Gasteiger partial charge in [0, 0.05) is 29.5 Å². The highest BCUT2D eigenvalue weighted by atomic mass is 16.5. The van der Waals surface area contributed by atoms with Crippen LogP contribution >= 0.6 is 0 Å². The molecule has 1 heterocycles. The third kappa shape index (κ3) is 6.24. The Balaban J connectivity index is 1.37. The molecule has 0 saturated carbocycles. The summed E-state index contributed by atoms with van der Waals surface area (Å²) < 4.78 is 11.8. The Hall–Kier alpha value is -5.24. The second kappa shape index (κ2) is 12.1. The molecule has 0 aliphatic carbocycles. The highest BCUT2D eigenvalue weighted by Crippen LogP contribution is 2.32. The normalized spacial score (nSPS) is 11.5. The van der Waals surface area contributed by atoms with E-state index in [9.17, 15) is 4.79 Å². The number of amides is 1. The zero-order valence-electron chi connectivity index (χ0n) is 22.1. The Morgan fingerprint density at radius 3 is 2.48 bits per heavy atom. The summed E-state index contributed by atoms with van der Waals surface area (Å²) in [5.74, 6) is 0.886. The van der Waals surface area contributed by atoms with Crippen LogP contribution in [0.4, 0.5) is 5.69 Å². The van der Waals surface area contributed by atoms with E-state index in [0.29, 0.717) is 41.5 Å². The second-order valence-electron chi connectivity index (χ2n) is 9.37. The van der Waals surface area contributed by atoms with Crippen LogP contribution in [-0.2, 0) is 17.9 Å². The number of rotatable bonds is 11. The summed E-state index contributed by atoms with van der Waals surface area (Å²) in [5.41, 5.74) is 10.7. The summed E-state index contributed by atoms with van der Waals surface area (Å²) in [7, 11) is 1.58. The van der Waals surface area contributed by atoms with Crippen LogP contribution < -0.4 is 25.8 Å². The maximum Gasteiger partial charge on any atom is 0.247 e. The molecule has 0 unspecified atom stereocenters. The van der Waals surface area contributed by atoms with E-state index >= 15 is 0 Å². The van der Waals surface area contributed by atoms with Gasteiger partial charge in [0.1, 0.15) is 18.5 Å². The number of benzene rings is 4. The predicted molar refractivity (Wildman–Crippen MR) is 158 cm³/mol. The van der Waals surface area contributed by atoms with Gasteiger partial charge in [0.15, 0.2) is 11.5 Å². The Morgan fingerprint density at radius 1 is 0.925 bits per heavy atom. The van der Waals surface area contributed by atoms with Crippen LogP contribution in [-0.4, -0.2) is 23.8 Å². The fraction of sp³-hybridized carbons (Fsp3) is 0.125. The van der Waals surface area contributed by atoms with Crippen molar-refractivity contribution in [3.8, 4) is 11.5 Å². The van der Waals surface area contributed by atoms with Crippen molar-refractivity contribution in [3.05, 3.63) is 126 Å². The molecule has 0 saturated heterocycles. The van der Waals surface area contributed by atoms with Crippen LogP contribution in [0.1, 0.15) is 28.3 Å². The maximum absolute atomic E-state index is 13.5. The number of fused-ring (bicyclic) bond motifs is 1. The molecule has 1 amide bonds. The summed E-state index contributed by atoms with van der Waals surface area (Å²) in [6.07, 6.45) is 1.91. The third-order valence-electron chi connectivity index (χ3n) is 6.61. The van der Waals surface area contributed by atoms with E-state index in [1.165, 1.54) is 0 Å². The molecule has 0 aliphatic heterocycles. The largest absolute Gasteiger partial charge is 0.493 e. The molecule has 202 valence electrons. The Morgan fingerprint density at radius 2 is 1.73 bits per heavy atom. The second-order valence-corrected chi connectivity index (χ2v) is 9.37. The number of hydrogen-bond acceptors (Lipinski definition) is 5. The van der Waals surface area contributed by atoms with E-state index in [1.54, 1.807) is 31.4 Å². The van der Waals surface area contributed by atoms with Gasteiger partial charge in [-0.2, -0.15) is 0 Å². The number of hydrogen-bond donors (Lipinski definition) is 5. The lowest BCUT2D eigenvalue weighted by molar-refractivity contribution is -0.122. The average molecular weight is 534 g/mol. The molecule has 1 atom stereocenters. The molecule has 4 aromatic carbocycles. The number of amidine groups is 1. The number of methoxy groups -OCH3 is 1. The highest BCUT2D eigenvalue weighted by Gasteiger charge is 2.22. The number of nitrogens with two attached hydrogens (primary N) is 1. The molecule has 0 aliphatic rings. The molecule has 8 heteroatoms. The topological polar surface area (TPSA) is 125 Å². The van der Waals surface area contributed by atoms with Crippen molar-refractivity contribution in [1.29, 1.82) is 5.41 Å². The molecule has 8 nitrogen and oxygen atoms in total. The Labute approximate surface area is 232 Å². The number of nitrogens with one attached hydrogen (secondary N) is 4. The maximum atomic E-state index is 13.5. The number of aromatic nitrogens is 1. The van der Waals surface area contributed by atoms with Gasteiger partial charge in [-0.05, 0) is 76.7 Å². The monoisotopic (exact) mass is 533 g/mol. The van der Waals surface area contributed by atoms with Crippen molar-refractivity contribution in [2.45, 2.75) is 19.2 Å². The lowest BCUT2D eigenvalue weighted by Crippen LogP contribution is -2.33. The van der Waals surface area contributed by atoms with Crippen molar-refractivity contribution in [2.75, 3.05) is 12.4 Å². The Bertz CT molecular complexity index is 1610. The molecule has 1 aromatic heterocycles.